The third-order valence-electron chi connectivity index (χ3n) is 3.76. The molecular weight excluding hydrogens is 312 g/mol. The van der Waals surface area contributed by atoms with Gasteiger partial charge in [-0.15, -0.1) is 0 Å². The van der Waals surface area contributed by atoms with E-state index in [-0.39, 0.29) is 11.8 Å². The molecule has 23 heavy (non-hydrogen) atoms. The fourth-order valence-electron chi connectivity index (χ4n) is 2.29. The average Bonchev–Trinajstić information content (AvgIpc) is 2.53. The van der Waals surface area contributed by atoms with Crippen LogP contribution in [-0.4, -0.2) is 29.3 Å². The Balaban J connectivity index is 2.85. The Bertz CT molecular complexity index is 519. The normalized spacial score (nSPS) is 11.8. The van der Waals surface area contributed by atoms with Gasteiger partial charge in [0.15, 0.2) is 0 Å². The first kappa shape index (κ1) is 19.5. The smallest absolute Gasteiger partial charge is 0.242 e. The highest BCUT2D eigenvalue weighted by Crippen LogP contribution is 2.19. The third kappa shape index (κ3) is 6.22. The fourth-order valence-corrected chi connectivity index (χ4v) is 2.48. The number of benzene rings is 1. The number of nitrogens with one attached hydrogen (secondary N) is 1. The van der Waals surface area contributed by atoms with Crippen molar-refractivity contribution in [2.24, 2.45) is 0 Å². The monoisotopic (exact) mass is 338 g/mol. The second kappa shape index (κ2) is 10.3. The summed E-state index contributed by atoms with van der Waals surface area (Å²) in [6.07, 6.45) is 3.14. The van der Waals surface area contributed by atoms with Gasteiger partial charge in [0.2, 0.25) is 11.8 Å². The molecule has 4 nitrogen and oxygen atoms in total. The van der Waals surface area contributed by atoms with Gasteiger partial charge in [-0.05, 0) is 31.4 Å². The van der Waals surface area contributed by atoms with Gasteiger partial charge in [-0.2, -0.15) is 0 Å². The van der Waals surface area contributed by atoms with Crippen molar-refractivity contribution in [1.29, 1.82) is 0 Å². The van der Waals surface area contributed by atoms with Crippen LogP contribution in [-0.2, 0) is 16.1 Å². The first-order valence-corrected chi connectivity index (χ1v) is 8.69. The average molecular weight is 339 g/mol. The highest BCUT2D eigenvalue weighted by Gasteiger charge is 2.25. The van der Waals surface area contributed by atoms with E-state index in [0.717, 1.165) is 24.8 Å². The van der Waals surface area contributed by atoms with Crippen molar-refractivity contribution in [3.63, 3.8) is 0 Å². The maximum absolute atomic E-state index is 12.4. The molecular formula is C18H27ClN2O2. The lowest BCUT2D eigenvalue weighted by Gasteiger charge is -2.29. The lowest BCUT2D eigenvalue weighted by atomic mass is 10.1. The van der Waals surface area contributed by atoms with Gasteiger partial charge in [0.25, 0.3) is 0 Å². The number of halogens is 1. The van der Waals surface area contributed by atoms with Crippen molar-refractivity contribution < 1.29 is 9.59 Å². The second-order valence-corrected chi connectivity index (χ2v) is 6.09. The van der Waals surface area contributed by atoms with Crippen LogP contribution >= 0.6 is 11.6 Å². The van der Waals surface area contributed by atoms with Crippen LogP contribution in [0.4, 0.5) is 0 Å². The molecule has 1 N–H and O–H groups in total. The minimum absolute atomic E-state index is 0.0226. The summed E-state index contributed by atoms with van der Waals surface area (Å²) in [7, 11) is 0. The maximum atomic E-state index is 12.4. The minimum atomic E-state index is -0.512. The molecule has 0 aromatic heterocycles. The van der Waals surface area contributed by atoms with Gasteiger partial charge in [0.1, 0.15) is 6.04 Å². The van der Waals surface area contributed by atoms with Gasteiger partial charge >= 0.3 is 0 Å². The summed E-state index contributed by atoms with van der Waals surface area (Å²) in [4.78, 5) is 26.4. The molecule has 1 aromatic rings. The number of unbranched alkanes of at least 4 members (excludes halogenated alkanes) is 1. The number of hydrogen-bond donors (Lipinski definition) is 1. The van der Waals surface area contributed by atoms with E-state index in [0.29, 0.717) is 24.5 Å². The van der Waals surface area contributed by atoms with Crippen LogP contribution in [0, 0.1) is 0 Å². The molecule has 0 aliphatic heterocycles. The number of carbonyl (C=O) groups is 2. The Morgan fingerprint density at radius 3 is 2.52 bits per heavy atom. The number of carbonyl (C=O) groups excluding carboxylic acids is 2. The molecule has 0 radical (unpaired) electrons. The van der Waals surface area contributed by atoms with Crippen molar-refractivity contribution >= 4 is 23.4 Å². The van der Waals surface area contributed by atoms with Crippen molar-refractivity contribution in [3.8, 4) is 0 Å². The summed E-state index contributed by atoms with van der Waals surface area (Å²) in [5, 5.41) is 3.51. The Morgan fingerprint density at radius 1 is 1.22 bits per heavy atom. The van der Waals surface area contributed by atoms with E-state index in [2.05, 4.69) is 12.2 Å². The van der Waals surface area contributed by atoms with Crippen LogP contribution in [0.15, 0.2) is 24.3 Å². The molecule has 0 bridgehead atoms. The largest absolute Gasteiger partial charge is 0.354 e. The van der Waals surface area contributed by atoms with E-state index in [1.165, 1.54) is 0 Å². The molecule has 1 unspecified atom stereocenters. The number of hydrogen-bond acceptors (Lipinski definition) is 2. The van der Waals surface area contributed by atoms with E-state index in [1.54, 1.807) is 17.9 Å². The van der Waals surface area contributed by atoms with Crippen LogP contribution in [0.2, 0.25) is 5.02 Å². The number of amides is 2. The number of rotatable bonds is 9. The standard InChI is InChI=1S/C18H27ClN2O2/c1-4-6-12-20-18(23)14(3)21(17(22)9-5-2)13-15-10-7-8-11-16(15)19/h7-8,10-11,14H,4-6,9,12-13H2,1-3H3,(H,20,23). The van der Waals surface area contributed by atoms with Crippen LogP contribution in [0.25, 0.3) is 0 Å². The Morgan fingerprint density at radius 2 is 1.91 bits per heavy atom. The fraction of sp³-hybridized carbons (Fsp3) is 0.556. The first-order valence-electron chi connectivity index (χ1n) is 8.31. The molecule has 2 amide bonds. The van der Waals surface area contributed by atoms with Crippen LogP contribution < -0.4 is 5.32 Å². The lowest BCUT2D eigenvalue weighted by Crippen LogP contribution is -2.47. The summed E-state index contributed by atoms with van der Waals surface area (Å²) in [5.74, 6) is -0.138. The molecule has 0 heterocycles. The Hall–Kier alpha value is -1.55. The van der Waals surface area contributed by atoms with Crippen molar-refractivity contribution in [2.45, 2.75) is 59.0 Å². The lowest BCUT2D eigenvalue weighted by molar-refractivity contribution is -0.140. The molecule has 1 atom stereocenters. The van der Waals surface area contributed by atoms with E-state index < -0.39 is 6.04 Å². The van der Waals surface area contributed by atoms with E-state index in [4.69, 9.17) is 11.6 Å². The first-order chi connectivity index (χ1) is 11.0. The molecule has 0 aliphatic rings. The van der Waals surface area contributed by atoms with Gasteiger partial charge < -0.3 is 10.2 Å². The van der Waals surface area contributed by atoms with Gasteiger partial charge in [0.05, 0.1) is 0 Å². The summed E-state index contributed by atoms with van der Waals surface area (Å²) < 4.78 is 0. The quantitative estimate of drug-likeness (QED) is 0.697. The molecule has 1 aromatic carbocycles. The van der Waals surface area contributed by atoms with Crippen LogP contribution in [0.3, 0.4) is 0 Å². The second-order valence-electron chi connectivity index (χ2n) is 5.68. The zero-order valence-corrected chi connectivity index (χ0v) is 15.0. The third-order valence-corrected chi connectivity index (χ3v) is 4.13. The van der Waals surface area contributed by atoms with Crippen molar-refractivity contribution in [2.75, 3.05) is 6.54 Å². The molecule has 0 saturated heterocycles. The van der Waals surface area contributed by atoms with Gasteiger partial charge in [0, 0.05) is 24.5 Å². The molecule has 1 rings (SSSR count). The molecule has 0 spiro atoms. The van der Waals surface area contributed by atoms with E-state index in [1.807, 2.05) is 25.1 Å². The van der Waals surface area contributed by atoms with Crippen LogP contribution in [0.5, 0.6) is 0 Å². The Labute approximate surface area is 144 Å². The topological polar surface area (TPSA) is 49.4 Å². The van der Waals surface area contributed by atoms with E-state index >= 15 is 0 Å². The summed E-state index contributed by atoms with van der Waals surface area (Å²) in [6, 6.07) is 6.91. The highest BCUT2D eigenvalue weighted by molar-refractivity contribution is 6.31. The highest BCUT2D eigenvalue weighted by atomic mass is 35.5. The summed E-state index contributed by atoms with van der Waals surface area (Å²) in [6.45, 7) is 6.79. The molecule has 0 aliphatic carbocycles. The van der Waals surface area contributed by atoms with Crippen molar-refractivity contribution in [3.05, 3.63) is 34.9 Å². The Kier molecular flexibility index (Phi) is 8.70. The zero-order chi connectivity index (χ0) is 17.2. The molecule has 5 heteroatoms. The molecule has 128 valence electrons. The SMILES string of the molecule is CCCCNC(=O)C(C)N(Cc1ccccc1Cl)C(=O)CCC. The number of nitrogens with zero attached hydrogens (tertiary/aromatic N) is 1. The molecule has 0 saturated carbocycles. The predicted octanol–water partition coefficient (Wildman–Crippen LogP) is 3.77. The molecule has 0 fully saturated rings. The zero-order valence-electron chi connectivity index (χ0n) is 14.3. The predicted molar refractivity (Wildman–Crippen MR) is 94.3 cm³/mol. The van der Waals surface area contributed by atoms with Crippen LogP contribution in [0.1, 0.15) is 52.0 Å². The van der Waals surface area contributed by atoms with Crippen molar-refractivity contribution in [1.82, 2.24) is 10.2 Å². The summed E-state index contributed by atoms with van der Waals surface area (Å²) in [5.41, 5.74) is 0.854. The van der Waals surface area contributed by atoms with Gasteiger partial charge in [-0.1, -0.05) is 50.1 Å². The van der Waals surface area contributed by atoms with E-state index in [9.17, 15) is 9.59 Å². The minimum Gasteiger partial charge on any atom is -0.354 e. The van der Waals surface area contributed by atoms with Gasteiger partial charge in [-0.25, -0.2) is 0 Å². The van der Waals surface area contributed by atoms with Gasteiger partial charge in [-0.3, -0.25) is 9.59 Å². The maximum Gasteiger partial charge on any atom is 0.242 e. The summed E-state index contributed by atoms with van der Waals surface area (Å²) >= 11 is 6.20.